The maximum absolute atomic E-state index is 12.1. The second-order valence-corrected chi connectivity index (χ2v) is 3.97. The van der Waals surface area contributed by atoms with Crippen molar-refractivity contribution in [1.82, 2.24) is 4.90 Å². The molecule has 0 radical (unpaired) electrons. The minimum Gasteiger partial charge on any atom is -0.437 e. The molecule has 1 atom stereocenters. The first-order valence-electron chi connectivity index (χ1n) is 5.68. The normalized spacial score (nSPS) is 17.6. The summed E-state index contributed by atoms with van der Waals surface area (Å²) in [4.78, 5) is 36.0. The maximum Gasteiger partial charge on any atom is 0.304 e. The van der Waals surface area contributed by atoms with Crippen molar-refractivity contribution < 1.29 is 19.1 Å². The lowest BCUT2D eigenvalue weighted by atomic mass is 10.1. The third kappa shape index (κ3) is 1.88. The van der Waals surface area contributed by atoms with Crippen LogP contribution in [0.1, 0.15) is 42.4 Å². The third-order valence-corrected chi connectivity index (χ3v) is 2.76. The molecule has 0 spiro atoms. The number of imide groups is 1. The van der Waals surface area contributed by atoms with Crippen molar-refractivity contribution in [3.8, 4) is 0 Å². The number of esters is 1. The minimum atomic E-state index is -0.932. The number of hydrogen-bond donors (Lipinski definition) is 0. The molecule has 0 N–H and O–H groups in total. The molecule has 0 saturated carbocycles. The molecule has 0 fully saturated rings. The molecule has 1 aromatic carbocycles. The van der Waals surface area contributed by atoms with Crippen LogP contribution < -0.4 is 0 Å². The number of hydrogen-bond acceptors (Lipinski definition) is 4. The lowest BCUT2D eigenvalue weighted by molar-refractivity contribution is -0.158. The van der Waals surface area contributed by atoms with Gasteiger partial charge in [0.15, 0.2) is 0 Å². The van der Waals surface area contributed by atoms with Crippen molar-refractivity contribution in [2.45, 2.75) is 26.5 Å². The summed E-state index contributed by atoms with van der Waals surface area (Å²) in [5.74, 6) is -1.30. The van der Waals surface area contributed by atoms with Crippen LogP contribution in [0.4, 0.5) is 0 Å². The summed E-state index contributed by atoms with van der Waals surface area (Å²) in [6.45, 7) is 2.91. The van der Waals surface area contributed by atoms with E-state index in [4.69, 9.17) is 4.74 Å². The fraction of sp³-hybridized carbons (Fsp3) is 0.308. The molecule has 1 aromatic rings. The predicted molar refractivity (Wildman–Crippen MR) is 62.4 cm³/mol. The van der Waals surface area contributed by atoms with E-state index in [0.717, 1.165) is 4.90 Å². The van der Waals surface area contributed by atoms with Crippen molar-refractivity contribution >= 4 is 17.8 Å². The Labute approximate surface area is 104 Å². The molecule has 1 heterocycles. The van der Waals surface area contributed by atoms with Crippen LogP contribution in [0.2, 0.25) is 0 Å². The first-order chi connectivity index (χ1) is 8.56. The summed E-state index contributed by atoms with van der Waals surface area (Å²) in [5.41, 5.74) is 0.963. The van der Waals surface area contributed by atoms with Gasteiger partial charge in [-0.15, -0.1) is 0 Å². The van der Waals surface area contributed by atoms with Crippen LogP contribution in [0.3, 0.4) is 0 Å². The molecule has 5 heteroatoms. The lowest BCUT2D eigenvalue weighted by Crippen LogP contribution is -2.35. The molecule has 0 aliphatic carbocycles. The van der Waals surface area contributed by atoms with Gasteiger partial charge in [-0.05, 0) is 6.07 Å². The Morgan fingerprint density at radius 3 is 2.61 bits per heavy atom. The van der Waals surface area contributed by atoms with E-state index in [0.29, 0.717) is 11.1 Å². The molecule has 94 valence electrons. The monoisotopic (exact) mass is 247 g/mol. The number of rotatable bonds is 2. The first kappa shape index (κ1) is 12.3. The molecule has 18 heavy (non-hydrogen) atoms. The quantitative estimate of drug-likeness (QED) is 0.745. The van der Waals surface area contributed by atoms with Gasteiger partial charge in [0, 0.05) is 24.5 Å². The molecule has 2 amide bonds. The van der Waals surface area contributed by atoms with E-state index in [1.165, 1.54) is 6.92 Å². The van der Waals surface area contributed by atoms with E-state index in [2.05, 4.69) is 0 Å². The summed E-state index contributed by atoms with van der Waals surface area (Å²) in [5, 5.41) is 0. The number of carbonyl (C=O) groups is 3. The number of amides is 2. The molecule has 1 aliphatic heterocycles. The zero-order chi connectivity index (χ0) is 13.3. The molecule has 0 saturated heterocycles. The minimum absolute atomic E-state index is 0.178. The van der Waals surface area contributed by atoms with E-state index in [1.54, 1.807) is 31.2 Å². The van der Waals surface area contributed by atoms with Crippen LogP contribution in [0, 0.1) is 0 Å². The van der Waals surface area contributed by atoms with Gasteiger partial charge in [-0.3, -0.25) is 14.4 Å². The third-order valence-electron chi connectivity index (χ3n) is 2.76. The summed E-state index contributed by atoms with van der Waals surface area (Å²) in [6.07, 6.45) is -0.754. The van der Waals surface area contributed by atoms with Crippen LogP contribution in [-0.2, 0) is 14.3 Å². The van der Waals surface area contributed by atoms with Gasteiger partial charge >= 0.3 is 5.97 Å². The van der Waals surface area contributed by atoms with Crippen molar-refractivity contribution in [1.29, 1.82) is 0 Å². The van der Waals surface area contributed by atoms with Crippen molar-refractivity contribution in [3.05, 3.63) is 35.4 Å². The van der Waals surface area contributed by atoms with E-state index in [-0.39, 0.29) is 12.3 Å². The zero-order valence-corrected chi connectivity index (χ0v) is 10.2. The van der Waals surface area contributed by atoms with Gasteiger partial charge in [-0.25, -0.2) is 4.90 Å². The van der Waals surface area contributed by atoms with Crippen LogP contribution in [-0.4, -0.2) is 22.7 Å². The Hall–Kier alpha value is -2.17. The van der Waals surface area contributed by atoms with Crippen LogP contribution in [0.15, 0.2) is 24.3 Å². The van der Waals surface area contributed by atoms with Gasteiger partial charge < -0.3 is 4.74 Å². The number of ether oxygens (including phenoxy) is 1. The summed E-state index contributed by atoms with van der Waals surface area (Å²) >= 11 is 0. The topological polar surface area (TPSA) is 63.7 Å². The highest BCUT2D eigenvalue weighted by molar-refractivity contribution is 6.08. The Kier molecular flexibility index (Phi) is 3.14. The Morgan fingerprint density at radius 2 is 2.00 bits per heavy atom. The maximum atomic E-state index is 12.1. The Morgan fingerprint density at radius 1 is 1.33 bits per heavy atom. The SMILES string of the molecule is CCC(=O)N1C(=O)c2ccccc2[C@H]1OC(C)=O. The molecule has 2 rings (SSSR count). The van der Waals surface area contributed by atoms with Gasteiger partial charge in [0.1, 0.15) is 0 Å². The standard InChI is InChI=1S/C13H13NO4/c1-3-11(16)14-12(17)9-6-4-5-7-10(9)13(14)18-8(2)15/h4-7,13H,3H2,1-2H3/t13-/m1/s1. The van der Waals surface area contributed by atoms with E-state index >= 15 is 0 Å². The Balaban J connectivity index is 2.46. The van der Waals surface area contributed by atoms with Gasteiger partial charge in [-0.2, -0.15) is 0 Å². The summed E-state index contributed by atoms with van der Waals surface area (Å²) in [7, 11) is 0. The molecule has 0 bridgehead atoms. The van der Waals surface area contributed by atoms with Gasteiger partial charge in [0.2, 0.25) is 12.1 Å². The van der Waals surface area contributed by atoms with Crippen molar-refractivity contribution in [2.75, 3.05) is 0 Å². The predicted octanol–water partition coefficient (Wildman–Crippen LogP) is 1.64. The smallest absolute Gasteiger partial charge is 0.304 e. The number of fused-ring (bicyclic) bond motifs is 1. The average Bonchev–Trinajstić information content (AvgIpc) is 2.62. The highest BCUT2D eigenvalue weighted by Crippen LogP contribution is 2.34. The van der Waals surface area contributed by atoms with E-state index in [9.17, 15) is 14.4 Å². The highest BCUT2D eigenvalue weighted by Gasteiger charge is 2.41. The van der Waals surface area contributed by atoms with Crippen molar-refractivity contribution in [3.63, 3.8) is 0 Å². The molecular formula is C13H13NO4. The number of benzene rings is 1. The molecular weight excluding hydrogens is 234 g/mol. The van der Waals surface area contributed by atoms with Gasteiger partial charge in [0.05, 0.1) is 0 Å². The van der Waals surface area contributed by atoms with E-state index in [1.807, 2.05) is 0 Å². The fourth-order valence-corrected chi connectivity index (χ4v) is 1.97. The molecule has 0 aromatic heterocycles. The number of carbonyl (C=O) groups excluding carboxylic acids is 3. The second-order valence-electron chi connectivity index (χ2n) is 3.97. The average molecular weight is 247 g/mol. The molecule has 0 unspecified atom stereocenters. The Bertz CT molecular complexity index is 523. The van der Waals surface area contributed by atoms with E-state index < -0.39 is 18.1 Å². The largest absolute Gasteiger partial charge is 0.437 e. The highest BCUT2D eigenvalue weighted by atomic mass is 16.6. The summed E-state index contributed by atoms with van der Waals surface area (Å²) in [6, 6.07) is 6.75. The van der Waals surface area contributed by atoms with Crippen LogP contribution >= 0.6 is 0 Å². The van der Waals surface area contributed by atoms with Crippen molar-refractivity contribution in [2.24, 2.45) is 0 Å². The van der Waals surface area contributed by atoms with Gasteiger partial charge in [-0.1, -0.05) is 25.1 Å². The zero-order valence-electron chi connectivity index (χ0n) is 10.2. The second kappa shape index (κ2) is 4.60. The van der Waals surface area contributed by atoms with Crippen LogP contribution in [0.25, 0.3) is 0 Å². The van der Waals surface area contributed by atoms with Gasteiger partial charge in [0.25, 0.3) is 5.91 Å². The first-order valence-corrected chi connectivity index (χ1v) is 5.68. The fourth-order valence-electron chi connectivity index (χ4n) is 1.97. The molecule has 1 aliphatic rings. The van der Waals surface area contributed by atoms with Crippen LogP contribution in [0.5, 0.6) is 0 Å². The number of nitrogens with zero attached hydrogens (tertiary/aromatic N) is 1. The molecule has 5 nitrogen and oxygen atoms in total. The lowest BCUT2D eigenvalue weighted by Gasteiger charge is -2.22. The summed E-state index contributed by atoms with van der Waals surface area (Å²) < 4.78 is 5.09.